The van der Waals surface area contributed by atoms with Crippen molar-refractivity contribution < 1.29 is 19.1 Å². The lowest BCUT2D eigenvalue weighted by Gasteiger charge is -2.26. The van der Waals surface area contributed by atoms with Gasteiger partial charge >= 0.3 is 5.97 Å². The number of hydrogen-bond acceptors (Lipinski definition) is 4. The Balaban J connectivity index is 1.83. The molecule has 3 aromatic carbocycles. The molecule has 0 N–H and O–H groups in total. The highest BCUT2D eigenvalue weighted by Gasteiger charge is 2.41. The van der Waals surface area contributed by atoms with Crippen molar-refractivity contribution in [2.45, 2.75) is 6.04 Å². The van der Waals surface area contributed by atoms with E-state index in [1.54, 1.807) is 12.0 Å². The summed E-state index contributed by atoms with van der Waals surface area (Å²) in [5.74, 6) is 0.118. The van der Waals surface area contributed by atoms with E-state index in [1.807, 2.05) is 67.7 Å². The lowest BCUT2D eigenvalue weighted by Crippen LogP contribution is -2.34. The Labute approximate surface area is 192 Å². The van der Waals surface area contributed by atoms with Crippen LogP contribution in [0, 0.1) is 0 Å². The Bertz CT molecular complexity index is 1390. The van der Waals surface area contributed by atoms with Crippen molar-refractivity contribution >= 4 is 22.8 Å². The monoisotopic (exact) mass is 440 g/mol. The first-order chi connectivity index (χ1) is 16.0. The number of rotatable bonds is 5. The van der Waals surface area contributed by atoms with Gasteiger partial charge in [-0.3, -0.25) is 9.59 Å². The van der Waals surface area contributed by atoms with Crippen LogP contribution in [0.25, 0.3) is 22.2 Å². The molecule has 33 heavy (non-hydrogen) atoms. The normalized spacial score (nSPS) is 15.1. The fourth-order valence-electron chi connectivity index (χ4n) is 4.87. The fourth-order valence-corrected chi connectivity index (χ4v) is 4.87. The Morgan fingerprint density at radius 2 is 1.73 bits per heavy atom. The van der Waals surface area contributed by atoms with Crippen LogP contribution in [-0.2, 0) is 16.6 Å². The molecule has 5 rings (SSSR count). The van der Waals surface area contributed by atoms with Gasteiger partial charge in [-0.25, -0.2) is 0 Å². The van der Waals surface area contributed by atoms with E-state index in [0.717, 1.165) is 39.0 Å². The molecule has 2 heterocycles. The summed E-state index contributed by atoms with van der Waals surface area (Å²) in [5.41, 5.74) is 5.45. The summed E-state index contributed by atoms with van der Waals surface area (Å²) in [6.45, 7) is -0.130. The van der Waals surface area contributed by atoms with Gasteiger partial charge < -0.3 is 18.9 Å². The van der Waals surface area contributed by atoms with Crippen molar-refractivity contribution in [3.05, 3.63) is 89.5 Å². The van der Waals surface area contributed by atoms with Crippen molar-refractivity contribution in [2.75, 3.05) is 20.8 Å². The molecule has 1 atom stereocenters. The molecule has 0 aliphatic carbocycles. The predicted molar refractivity (Wildman–Crippen MR) is 126 cm³/mol. The first-order valence-corrected chi connectivity index (χ1v) is 10.7. The minimum Gasteiger partial charge on any atom is -0.497 e. The minimum absolute atomic E-state index is 0.130. The summed E-state index contributed by atoms with van der Waals surface area (Å²) < 4.78 is 12.5. The van der Waals surface area contributed by atoms with E-state index in [9.17, 15) is 9.59 Å². The predicted octanol–water partition coefficient (Wildman–Crippen LogP) is 4.57. The zero-order valence-electron chi connectivity index (χ0n) is 18.7. The summed E-state index contributed by atoms with van der Waals surface area (Å²) in [4.78, 5) is 27.3. The molecule has 4 aromatic rings. The number of carbonyl (C=O) groups excluding carboxylic acids is 2. The van der Waals surface area contributed by atoms with Crippen LogP contribution in [0.2, 0.25) is 0 Å². The second-order valence-corrected chi connectivity index (χ2v) is 8.07. The number of amides is 1. The second-order valence-electron chi connectivity index (χ2n) is 8.07. The molecule has 1 unspecified atom stereocenters. The highest BCUT2D eigenvalue weighted by atomic mass is 16.5. The molecule has 166 valence electrons. The molecular formula is C27H24N2O4. The molecular weight excluding hydrogens is 416 g/mol. The van der Waals surface area contributed by atoms with Gasteiger partial charge in [0, 0.05) is 34.6 Å². The number of fused-ring (bicyclic) bond motifs is 2. The first kappa shape index (κ1) is 20.8. The Kier molecular flexibility index (Phi) is 5.13. The fraction of sp³-hybridized carbons (Fsp3) is 0.185. The number of nitrogens with zero attached hydrogens (tertiary/aromatic N) is 2. The van der Waals surface area contributed by atoms with Crippen LogP contribution in [-0.4, -0.2) is 42.1 Å². The van der Waals surface area contributed by atoms with Gasteiger partial charge in [0.15, 0.2) is 0 Å². The molecule has 0 fully saturated rings. The van der Waals surface area contributed by atoms with Crippen molar-refractivity contribution in [3.63, 3.8) is 0 Å². The van der Waals surface area contributed by atoms with Crippen LogP contribution in [0.5, 0.6) is 5.75 Å². The van der Waals surface area contributed by atoms with Gasteiger partial charge in [-0.05, 0) is 29.8 Å². The zero-order chi connectivity index (χ0) is 23.1. The molecule has 1 aromatic heterocycles. The van der Waals surface area contributed by atoms with Crippen LogP contribution in [0.1, 0.15) is 27.5 Å². The van der Waals surface area contributed by atoms with E-state index >= 15 is 0 Å². The Morgan fingerprint density at radius 1 is 0.970 bits per heavy atom. The van der Waals surface area contributed by atoms with Crippen molar-refractivity contribution in [3.8, 4) is 17.0 Å². The molecule has 0 saturated carbocycles. The smallest absolute Gasteiger partial charge is 0.325 e. The average Bonchev–Trinajstić information content (AvgIpc) is 3.30. The maximum atomic E-state index is 13.4. The highest BCUT2D eigenvalue weighted by Crippen LogP contribution is 2.46. The first-order valence-electron chi connectivity index (χ1n) is 10.7. The molecule has 0 radical (unpaired) electrons. The van der Waals surface area contributed by atoms with Crippen LogP contribution in [0.3, 0.4) is 0 Å². The molecule has 0 saturated heterocycles. The van der Waals surface area contributed by atoms with Gasteiger partial charge in [0.05, 0.1) is 26.0 Å². The standard InChI is InChI=1S/C27H24N2O4/c1-28-22-14-7-6-13-21(22)24(25(28)17-9-8-10-18(15-17)32-2)26-19-11-4-5-12-20(19)27(31)29(26)16-23(30)33-3/h4-15,26H,16H2,1-3H3. The Morgan fingerprint density at radius 3 is 2.52 bits per heavy atom. The summed E-state index contributed by atoms with van der Waals surface area (Å²) in [7, 11) is 5.00. The van der Waals surface area contributed by atoms with E-state index in [4.69, 9.17) is 9.47 Å². The molecule has 1 aliphatic rings. The third kappa shape index (κ3) is 3.26. The van der Waals surface area contributed by atoms with Crippen molar-refractivity contribution in [2.24, 2.45) is 7.05 Å². The van der Waals surface area contributed by atoms with E-state index in [2.05, 4.69) is 16.7 Å². The van der Waals surface area contributed by atoms with Crippen molar-refractivity contribution in [1.29, 1.82) is 0 Å². The maximum Gasteiger partial charge on any atom is 0.325 e. The molecule has 1 aliphatic heterocycles. The van der Waals surface area contributed by atoms with E-state index in [1.165, 1.54) is 7.11 Å². The number of carbonyl (C=O) groups is 2. The van der Waals surface area contributed by atoms with Gasteiger partial charge in [0.2, 0.25) is 0 Å². The number of ether oxygens (including phenoxy) is 2. The number of para-hydroxylation sites is 1. The van der Waals surface area contributed by atoms with Crippen LogP contribution >= 0.6 is 0 Å². The summed E-state index contributed by atoms with van der Waals surface area (Å²) in [6.07, 6.45) is 0. The molecule has 0 spiro atoms. The highest BCUT2D eigenvalue weighted by molar-refractivity contribution is 6.03. The number of benzene rings is 3. The lowest BCUT2D eigenvalue weighted by molar-refractivity contribution is -0.141. The lowest BCUT2D eigenvalue weighted by atomic mass is 9.93. The minimum atomic E-state index is -0.454. The number of esters is 1. The number of methoxy groups -OCH3 is 2. The molecule has 6 heteroatoms. The van der Waals surface area contributed by atoms with Crippen LogP contribution < -0.4 is 4.74 Å². The van der Waals surface area contributed by atoms with Crippen LogP contribution in [0.15, 0.2) is 72.8 Å². The molecule has 1 amide bonds. The van der Waals surface area contributed by atoms with Gasteiger partial charge in [0.25, 0.3) is 5.91 Å². The van der Waals surface area contributed by atoms with Crippen molar-refractivity contribution in [1.82, 2.24) is 9.47 Å². The van der Waals surface area contributed by atoms with Gasteiger partial charge in [-0.15, -0.1) is 0 Å². The number of aromatic nitrogens is 1. The Hall–Kier alpha value is -4.06. The average molecular weight is 440 g/mol. The van der Waals surface area contributed by atoms with Gasteiger partial charge in [-0.2, -0.15) is 0 Å². The second kappa shape index (κ2) is 8.13. The quantitative estimate of drug-likeness (QED) is 0.427. The molecule has 6 nitrogen and oxygen atoms in total. The molecule has 0 bridgehead atoms. The van der Waals surface area contributed by atoms with E-state index < -0.39 is 12.0 Å². The zero-order valence-corrected chi connectivity index (χ0v) is 18.7. The third-order valence-electron chi connectivity index (χ3n) is 6.35. The SMILES string of the molecule is COC(=O)CN1C(=O)c2ccccc2C1c1c(-c2cccc(OC)c2)n(C)c2ccccc12. The summed E-state index contributed by atoms with van der Waals surface area (Å²) in [5, 5.41) is 1.03. The number of aryl methyl sites for hydroxylation is 1. The third-order valence-corrected chi connectivity index (χ3v) is 6.35. The number of hydrogen-bond donors (Lipinski definition) is 0. The summed E-state index contributed by atoms with van der Waals surface area (Å²) >= 11 is 0. The van der Waals surface area contributed by atoms with Gasteiger partial charge in [0.1, 0.15) is 12.3 Å². The van der Waals surface area contributed by atoms with E-state index in [0.29, 0.717) is 5.56 Å². The topological polar surface area (TPSA) is 60.8 Å². The largest absolute Gasteiger partial charge is 0.497 e. The van der Waals surface area contributed by atoms with Crippen LogP contribution in [0.4, 0.5) is 0 Å². The maximum absolute atomic E-state index is 13.4. The van der Waals surface area contributed by atoms with Gasteiger partial charge in [-0.1, -0.05) is 48.5 Å². The van der Waals surface area contributed by atoms with E-state index in [-0.39, 0.29) is 12.5 Å². The summed E-state index contributed by atoms with van der Waals surface area (Å²) in [6, 6.07) is 23.1.